The molecule has 0 atom stereocenters. The molecule has 1 aliphatic rings. The van der Waals surface area contributed by atoms with Crippen LogP contribution in [0.15, 0.2) is 18.2 Å². The van der Waals surface area contributed by atoms with Gasteiger partial charge in [-0.2, -0.15) is 0 Å². The van der Waals surface area contributed by atoms with Crippen LogP contribution in [0.2, 0.25) is 0 Å². The Bertz CT molecular complexity index is 568. The second-order valence-electron chi connectivity index (χ2n) is 3.84. The van der Waals surface area contributed by atoms with Gasteiger partial charge in [-0.3, -0.25) is 4.98 Å². The molecule has 7 nitrogen and oxygen atoms in total. The first-order valence-electron chi connectivity index (χ1n) is 5.52. The topological polar surface area (TPSA) is 75.3 Å². The molecule has 2 aromatic rings. The van der Waals surface area contributed by atoms with Crippen LogP contribution in [0.4, 0.5) is 17.6 Å². The molecule has 0 amide bonds. The lowest BCUT2D eigenvalue weighted by atomic mass is 10.2. The number of hydrogen-bond acceptors (Lipinski definition) is 6. The third-order valence-electron chi connectivity index (χ3n) is 2.77. The van der Waals surface area contributed by atoms with Gasteiger partial charge in [-0.25, -0.2) is 0 Å². The summed E-state index contributed by atoms with van der Waals surface area (Å²) in [7, 11) is 3.68. The first kappa shape index (κ1) is 10.7. The van der Waals surface area contributed by atoms with Gasteiger partial charge in [0.15, 0.2) is 11.5 Å². The molecule has 2 N–H and O–H groups in total. The Morgan fingerprint density at radius 3 is 2.89 bits per heavy atom. The van der Waals surface area contributed by atoms with Gasteiger partial charge in [0.2, 0.25) is 18.7 Å². The van der Waals surface area contributed by atoms with Crippen molar-refractivity contribution in [3.05, 3.63) is 18.2 Å². The van der Waals surface area contributed by atoms with E-state index in [-0.39, 0.29) is 6.79 Å². The molecule has 0 fully saturated rings. The minimum absolute atomic E-state index is 0.273. The standard InChI is InChI=1S/C11H13N5O2/c1-12-10-13-11(15-14-10)16(2)7-3-4-8-9(5-7)18-6-17-8/h3-5H,6H2,1-2H3,(H2,12,13,14,15). The van der Waals surface area contributed by atoms with E-state index >= 15 is 0 Å². The van der Waals surface area contributed by atoms with Crippen molar-refractivity contribution in [3.63, 3.8) is 0 Å². The highest BCUT2D eigenvalue weighted by Gasteiger charge is 2.16. The van der Waals surface area contributed by atoms with Gasteiger partial charge >= 0.3 is 0 Å². The largest absolute Gasteiger partial charge is 0.454 e. The first-order valence-corrected chi connectivity index (χ1v) is 5.52. The second kappa shape index (κ2) is 4.10. The lowest BCUT2D eigenvalue weighted by molar-refractivity contribution is 0.174. The minimum Gasteiger partial charge on any atom is -0.454 e. The van der Waals surface area contributed by atoms with Gasteiger partial charge in [0, 0.05) is 25.8 Å². The zero-order valence-electron chi connectivity index (χ0n) is 10.1. The number of aromatic amines is 1. The fourth-order valence-corrected chi connectivity index (χ4v) is 1.73. The molecule has 0 saturated heterocycles. The molecule has 18 heavy (non-hydrogen) atoms. The first-order chi connectivity index (χ1) is 8.78. The van der Waals surface area contributed by atoms with Crippen molar-refractivity contribution >= 4 is 17.6 Å². The highest BCUT2D eigenvalue weighted by Crippen LogP contribution is 2.36. The van der Waals surface area contributed by atoms with Gasteiger partial charge in [-0.1, -0.05) is 0 Å². The van der Waals surface area contributed by atoms with E-state index in [1.54, 1.807) is 7.05 Å². The molecule has 1 aliphatic heterocycles. The van der Waals surface area contributed by atoms with Crippen molar-refractivity contribution in [2.75, 3.05) is 31.1 Å². The summed E-state index contributed by atoms with van der Waals surface area (Å²) in [5.41, 5.74) is 0.943. The summed E-state index contributed by atoms with van der Waals surface area (Å²) in [5.74, 6) is 2.78. The minimum atomic E-state index is 0.273. The van der Waals surface area contributed by atoms with E-state index in [4.69, 9.17) is 9.47 Å². The Hall–Kier alpha value is -2.44. The van der Waals surface area contributed by atoms with Crippen LogP contribution < -0.4 is 19.7 Å². The normalized spacial score (nSPS) is 12.6. The van der Waals surface area contributed by atoms with Crippen molar-refractivity contribution in [1.29, 1.82) is 0 Å². The number of anilines is 3. The Labute approximate surface area is 104 Å². The van der Waals surface area contributed by atoms with Crippen LogP contribution in [0.3, 0.4) is 0 Å². The molecule has 1 aromatic heterocycles. The molecule has 0 bridgehead atoms. The summed E-state index contributed by atoms with van der Waals surface area (Å²) in [5, 5.41) is 10.9. The van der Waals surface area contributed by atoms with E-state index in [0.29, 0.717) is 11.9 Å². The number of rotatable bonds is 3. The highest BCUT2D eigenvalue weighted by atomic mass is 16.7. The van der Waals surface area contributed by atoms with Crippen molar-refractivity contribution in [2.45, 2.75) is 0 Å². The lowest BCUT2D eigenvalue weighted by Crippen LogP contribution is -2.11. The van der Waals surface area contributed by atoms with Gasteiger partial charge in [0.1, 0.15) is 0 Å². The number of fused-ring (bicyclic) bond motifs is 1. The Morgan fingerprint density at radius 2 is 2.11 bits per heavy atom. The molecule has 94 valence electrons. The molecule has 0 aliphatic carbocycles. The molecule has 0 unspecified atom stereocenters. The predicted octanol–water partition coefficient (Wildman–Crippen LogP) is 1.34. The summed E-state index contributed by atoms with van der Waals surface area (Å²) in [6.07, 6.45) is 0. The number of nitrogens with one attached hydrogen (secondary N) is 2. The molecule has 0 saturated carbocycles. The van der Waals surface area contributed by atoms with Gasteiger partial charge in [-0.15, -0.1) is 10.2 Å². The van der Waals surface area contributed by atoms with E-state index in [2.05, 4.69) is 20.5 Å². The zero-order chi connectivity index (χ0) is 12.5. The van der Waals surface area contributed by atoms with Crippen LogP contribution in [0.1, 0.15) is 0 Å². The maximum Gasteiger partial charge on any atom is 0.231 e. The molecular formula is C11H13N5O2. The Kier molecular flexibility index (Phi) is 2.44. The fraction of sp³-hybridized carbons (Fsp3) is 0.273. The summed E-state index contributed by atoms with van der Waals surface area (Å²) in [6, 6.07) is 5.72. The number of hydrogen-bond donors (Lipinski definition) is 2. The Morgan fingerprint density at radius 1 is 1.28 bits per heavy atom. The average Bonchev–Trinajstić information content (AvgIpc) is 3.05. The molecular weight excluding hydrogens is 234 g/mol. The van der Waals surface area contributed by atoms with E-state index in [1.807, 2.05) is 30.1 Å². The fourth-order valence-electron chi connectivity index (χ4n) is 1.73. The van der Waals surface area contributed by atoms with Crippen molar-refractivity contribution in [3.8, 4) is 11.5 Å². The van der Waals surface area contributed by atoms with E-state index in [0.717, 1.165) is 17.2 Å². The lowest BCUT2D eigenvalue weighted by Gasteiger charge is -2.15. The molecule has 3 rings (SSSR count). The zero-order valence-corrected chi connectivity index (χ0v) is 10.1. The quantitative estimate of drug-likeness (QED) is 0.852. The maximum atomic E-state index is 5.34. The van der Waals surface area contributed by atoms with E-state index in [9.17, 15) is 0 Å². The molecule has 0 spiro atoms. The predicted molar refractivity (Wildman–Crippen MR) is 66.6 cm³/mol. The van der Waals surface area contributed by atoms with Crippen LogP contribution in [0.5, 0.6) is 11.5 Å². The van der Waals surface area contributed by atoms with Crippen LogP contribution in [0, 0.1) is 0 Å². The van der Waals surface area contributed by atoms with Crippen LogP contribution in [-0.4, -0.2) is 36.1 Å². The molecule has 2 heterocycles. The van der Waals surface area contributed by atoms with Crippen molar-refractivity contribution in [2.24, 2.45) is 0 Å². The summed E-state index contributed by atoms with van der Waals surface area (Å²) >= 11 is 0. The molecule has 1 aromatic carbocycles. The van der Waals surface area contributed by atoms with Gasteiger partial charge in [0.05, 0.1) is 0 Å². The van der Waals surface area contributed by atoms with E-state index in [1.165, 1.54) is 0 Å². The number of ether oxygens (including phenoxy) is 2. The molecule has 0 radical (unpaired) electrons. The third kappa shape index (κ3) is 1.69. The van der Waals surface area contributed by atoms with Crippen molar-refractivity contribution in [1.82, 2.24) is 15.2 Å². The van der Waals surface area contributed by atoms with Crippen LogP contribution in [-0.2, 0) is 0 Å². The number of nitrogens with zero attached hydrogens (tertiary/aromatic N) is 3. The number of benzene rings is 1. The van der Waals surface area contributed by atoms with E-state index < -0.39 is 0 Å². The number of H-pyrrole nitrogens is 1. The monoisotopic (exact) mass is 247 g/mol. The van der Waals surface area contributed by atoms with Crippen LogP contribution in [0.25, 0.3) is 0 Å². The van der Waals surface area contributed by atoms with Gasteiger partial charge in [-0.05, 0) is 12.1 Å². The van der Waals surface area contributed by atoms with Gasteiger partial charge in [0.25, 0.3) is 0 Å². The van der Waals surface area contributed by atoms with Gasteiger partial charge < -0.3 is 19.7 Å². The average molecular weight is 247 g/mol. The van der Waals surface area contributed by atoms with Crippen LogP contribution >= 0.6 is 0 Å². The number of aromatic nitrogens is 3. The Balaban J connectivity index is 1.89. The third-order valence-corrected chi connectivity index (χ3v) is 2.77. The summed E-state index contributed by atoms with van der Waals surface area (Å²) in [6.45, 7) is 0.273. The summed E-state index contributed by atoms with van der Waals surface area (Å²) in [4.78, 5) is 4.93. The highest BCUT2D eigenvalue weighted by molar-refractivity contribution is 5.62. The molecule has 7 heteroatoms. The maximum absolute atomic E-state index is 5.34. The SMILES string of the molecule is CNc1nnc(N(C)c2ccc3c(c2)OCO3)[nH]1. The second-order valence-corrected chi connectivity index (χ2v) is 3.84. The smallest absolute Gasteiger partial charge is 0.231 e. The van der Waals surface area contributed by atoms with Crippen molar-refractivity contribution < 1.29 is 9.47 Å². The summed E-state index contributed by atoms with van der Waals surface area (Å²) < 4.78 is 10.6.